The van der Waals surface area contributed by atoms with Gasteiger partial charge in [0.25, 0.3) is 0 Å². The highest BCUT2D eigenvalue weighted by Crippen LogP contribution is 2.40. The Bertz CT molecular complexity index is 1390. The van der Waals surface area contributed by atoms with Crippen LogP contribution in [0.3, 0.4) is 0 Å². The molecule has 0 bridgehead atoms. The van der Waals surface area contributed by atoms with Crippen LogP contribution >= 0.6 is 11.6 Å². The molecule has 0 unspecified atom stereocenters. The molecule has 0 saturated carbocycles. The van der Waals surface area contributed by atoms with Crippen molar-refractivity contribution in [1.82, 2.24) is 4.90 Å². The number of hydrogen-bond acceptors (Lipinski definition) is 4. The number of hydrogen-bond donors (Lipinski definition) is 0. The molecule has 41 heavy (non-hydrogen) atoms. The molecule has 0 radical (unpaired) electrons. The van der Waals surface area contributed by atoms with Gasteiger partial charge in [-0.25, -0.2) is 4.79 Å². The Labute approximate surface area is 243 Å². The molecule has 214 valence electrons. The molecule has 4 aromatic carbocycles. The van der Waals surface area contributed by atoms with E-state index in [2.05, 4.69) is 11.8 Å². The van der Waals surface area contributed by atoms with Crippen LogP contribution in [0.1, 0.15) is 46.0 Å². The van der Waals surface area contributed by atoms with Crippen LogP contribution in [-0.2, 0) is 23.0 Å². The average molecular weight is 582 g/mol. The average Bonchev–Trinajstić information content (AvgIpc) is 2.99. The maximum atomic E-state index is 13.7. The fraction of sp³-hybridized carbons (Fsp3) is 0.242. The number of esters is 1. The highest BCUT2D eigenvalue weighted by atomic mass is 35.5. The normalized spacial score (nSPS) is 11.9. The third-order valence-electron chi connectivity index (χ3n) is 7.17. The van der Waals surface area contributed by atoms with Crippen molar-refractivity contribution >= 4 is 17.6 Å². The monoisotopic (exact) mass is 581 g/mol. The summed E-state index contributed by atoms with van der Waals surface area (Å²) in [6.07, 6.45) is -3.98. The van der Waals surface area contributed by atoms with Gasteiger partial charge in [-0.3, -0.25) is 4.90 Å². The van der Waals surface area contributed by atoms with Crippen LogP contribution in [0.25, 0.3) is 0 Å². The molecule has 4 rings (SSSR count). The quantitative estimate of drug-likeness (QED) is 0.132. The fourth-order valence-electron chi connectivity index (χ4n) is 4.89. The van der Waals surface area contributed by atoms with Crippen LogP contribution in [0.5, 0.6) is 5.75 Å². The minimum atomic E-state index is -4.56. The number of benzene rings is 4. The first-order valence-electron chi connectivity index (χ1n) is 13.2. The van der Waals surface area contributed by atoms with Crippen molar-refractivity contribution in [2.75, 3.05) is 20.3 Å². The molecule has 0 amide bonds. The minimum Gasteiger partial charge on any atom is -0.494 e. The Hall–Kier alpha value is -3.81. The van der Waals surface area contributed by atoms with Crippen LogP contribution in [0.15, 0.2) is 103 Å². The van der Waals surface area contributed by atoms with E-state index in [0.717, 1.165) is 17.2 Å². The largest absolute Gasteiger partial charge is 0.494 e. The molecular weight excluding hydrogens is 551 g/mol. The molecule has 0 N–H and O–H groups in total. The molecule has 0 fully saturated rings. The van der Waals surface area contributed by atoms with Crippen LogP contribution in [0.4, 0.5) is 13.2 Å². The lowest BCUT2D eigenvalue weighted by Crippen LogP contribution is -2.45. The summed E-state index contributed by atoms with van der Waals surface area (Å²) in [6, 6.07) is 30.4. The Kier molecular flexibility index (Phi) is 9.73. The van der Waals surface area contributed by atoms with Crippen LogP contribution in [0, 0.1) is 0 Å². The topological polar surface area (TPSA) is 38.8 Å². The van der Waals surface area contributed by atoms with Gasteiger partial charge < -0.3 is 9.47 Å². The number of halogens is 4. The van der Waals surface area contributed by atoms with Crippen LogP contribution < -0.4 is 4.74 Å². The molecule has 4 nitrogen and oxygen atoms in total. The number of ether oxygens (including phenoxy) is 2. The smallest absolute Gasteiger partial charge is 0.417 e. The maximum Gasteiger partial charge on any atom is 0.417 e. The molecule has 0 aliphatic carbocycles. The second kappa shape index (κ2) is 13.2. The number of methoxy groups -OCH3 is 1. The van der Waals surface area contributed by atoms with Crippen molar-refractivity contribution in [2.24, 2.45) is 0 Å². The second-order valence-corrected chi connectivity index (χ2v) is 10.1. The summed E-state index contributed by atoms with van der Waals surface area (Å²) in [5.41, 5.74) is 1.26. The van der Waals surface area contributed by atoms with Gasteiger partial charge in [0.15, 0.2) is 0 Å². The molecule has 0 atom stereocenters. The highest BCUT2D eigenvalue weighted by Gasteiger charge is 2.37. The van der Waals surface area contributed by atoms with E-state index in [1.807, 2.05) is 60.7 Å². The van der Waals surface area contributed by atoms with Crippen molar-refractivity contribution < 1.29 is 27.4 Å². The fourth-order valence-corrected chi connectivity index (χ4v) is 5.19. The third-order valence-corrected chi connectivity index (χ3v) is 7.61. The SMILES string of the molecule is COC(=O)c1ccc(OCCCN(Cc2cccc(C(F)(F)F)c2Cl)C(C)(c2ccccc2)c2ccccc2)cc1. The lowest BCUT2D eigenvalue weighted by atomic mass is 9.82. The number of rotatable bonds is 11. The van der Waals surface area contributed by atoms with Gasteiger partial charge >= 0.3 is 12.1 Å². The van der Waals surface area contributed by atoms with Crippen molar-refractivity contribution in [3.8, 4) is 5.75 Å². The molecule has 8 heteroatoms. The second-order valence-electron chi connectivity index (χ2n) is 9.72. The van der Waals surface area contributed by atoms with Crippen molar-refractivity contribution in [3.63, 3.8) is 0 Å². The van der Waals surface area contributed by atoms with Crippen molar-refractivity contribution in [2.45, 2.75) is 31.6 Å². The maximum absolute atomic E-state index is 13.7. The van der Waals surface area contributed by atoms with Crippen LogP contribution in [-0.4, -0.2) is 31.1 Å². The number of carbonyl (C=O) groups is 1. The lowest BCUT2D eigenvalue weighted by molar-refractivity contribution is -0.137. The Morgan fingerprint density at radius 3 is 1.95 bits per heavy atom. The third kappa shape index (κ3) is 7.10. The van der Waals surface area contributed by atoms with Crippen LogP contribution in [0.2, 0.25) is 5.02 Å². The Balaban J connectivity index is 1.64. The molecule has 0 spiro atoms. The lowest BCUT2D eigenvalue weighted by Gasteiger charge is -2.43. The van der Waals surface area contributed by atoms with Gasteiger partial charge in [0, 0.05) is 13.1 Å². The van der Waals surface area contributed by atoms with E-state index in [1.54, 1.807) is 30.3 Å². The summed E-state index contributed by atoms with van der Waals surface area (Å²) in [5.74, 6) is 0.167. The Morgan fingerprint density at radius 1 is 0.829 bits per heavy atom. The van der Waals surface area contributed by atoms with Crippen molar-refractivity contribution in [1.29, 1.82) is 0 Å². The molecule has 0 aliphatic rings. The van der Waals surface area contributed by atoms with E-state index in [-0.39, 0.29) is 11.6 Å². The van der Waals surface area contributed by atoms with E-state index in [9.17, 15) is 18.0 Å². The van der Waals surface area contributed by atoms with Gasteiger partial charge in [-0.05, 0) is 60.4 Å². The van der Waals surface area contributed by atoms with Gasteiger partial charge in [-0.1, -0.05) is 84.4 Å². The predicted molar refractivity (Wildman–Crippen MR) is 154 cm³/mol. The summed E-state index contributed by atoms with van der Waals surface area (Å²) >= 11 is 6.36. The molecule has 0 aromatic heterocycles. The summed E-state index contributed by atoms with van der Waals surface area (Å²) in [7, 11) is 1.32. The van der Waals surface area contributed by atoms with Gasteiger partial charge in [-0.2, -0.15) is 13.2 Å². The molecule has 0 saturated heterocycles. The van der Waals surface area contributed by atoms with Gasteiger partial charge in [-0.15, -0.1) is 0 Å². The highest BCUT2D eigenvalue weighted by molar-refractivity contribution is 6.32. The van der Waals surface area contributed by atoms with E-state index in [1.165, 1.54) is 13.2 Å². The standard InChI is InChI=1S/C33H31ClF3NO3/c1-32(26-12-5-3-6-13-26,27-14-7-4-8-15-27)38(23-25-11-9-16-29(30(25)34)33(35,36)37)21-10-22-41-28-19-17-24(18-20-28)31(39)40-2/h3-9,11-20H,10,21-23H2,1-2H3. The number of alkyl halides is 3. The predicted octanol–water partition coefficient (Wildman–Crippen LogP) is 8.38. The van der Waals surface area contributed by atoms with Gasteiger partial charge in [0.05, 0.1) is 35.4 Å². The van der Waals surface area contributed by atoms with E-state index >= 15 is 0 Å². The summed E-state index contributed by atoms with van der Waals surface area (Å²) in [5, 5.41) is -0.296. The Morgan fingerprint density at radius 2 is 1.41 bits per heavy atom. The minimum absolute atomic E-state index is 0.177. The zero-order valence-corrected chi connectivity index (χ0v) is 23.6. The zero-order chi connectivity index (χ0) is 29.5. The van der Waals surface area contributed by atoms with Gasteiger partial charge in [0.1, 0.15) is 5.75 Å². The molecule has 0 aliphatic heterocycles. The summed E-state index contributed by atoms with van der Waals surface area (Å²) in [4.78, 5) is 13.8. The number of nitrogens with zero attached hydrogens (tertiary/aromatic N) is 1. The molecule has 0 heterocycles. The van der Waals surface area contributed by atoms with Gasteiger partial charge in [0.2, 0.25) is 0 Å². The van der Waals surface area contributed by atoms with E-state index < -0.39 is 23.2 Å². The first-order valence-corrected chi connectivity index (χ1v) is 13.5. The summed E-state index contributed by atoms with van der Waals surface area (Å²) < 4.78 is 51.7. The zero-order valence-electron chi connectivity index (χ0n) is 22.8. The molecule has 4 aromatic rings. The first-order chi connectivity index (χ1) is 19.6. The molecular formula is C33H31ClF3NO3. The number of carbonyl (C=O) groups excluding carboxylic acids is 1. The van der Waals surface area contributed by atoms with Crippen molar-refractivity contribution in [3.05, 3.63) is 136 Å². The van der Waals surface area contributed by atoms with E-state index in [0.29, 0.717) is 36.4 Å². The van der Waals surface area contributed by atoms with E-state index in [4.69, 9.17) is 21.1 Å². The summed E-state index contributed by atoms with van der Waals surface area (Å²) in [6.45, 7) is 3.10. The first kappa shape index (κ1) is 30.2.